The van der Waals surface area contributed by atoms with Crippen LogP contribution in [0.3, 0.4) is 0 Å². The highest BCUT2D eigenvalue weighted by Crippen LogP contribution is 2.32. The van der Waals surface area contributed by atoms with Crippen molar-refractivity contribution in [2.75, 3.05) is 0 Å². The maximum atomic E-state index is 10.4. The fourth-order valence-corrected chi connectivity index (χ4v) is 1.37. The molecule has 0 aliphatic heterocycles. The van der Waals surface area contributed by atoms with E-state index in [1.165, 1.54) is 19.3 Å². The first kappa shape index (κ1) is 6.79. The molecule has 0 aromatic heterocycles. The van der Waals surface area contributed by atoms with E-state index in [1.807, 2.05) is 0 Å². The van der Waals surface area contributed by atoms with Crippen LogP contribution in [-0.4, -0.2) is 6.29 Å². The molecular weight excluding hydrogens is 112 g/mol. The fourth-order valence-electron chi connectivity index (χ4n) is 1.37. The maximum absolute atomic E-state index is 10.4. The molecule has 1 nitrogen and oxygen atoms in total. The van der Waals surface area contributed by atoms with E-state index in [9.17, 15) is 4.79 Å². The smallest absolute Gasteiger partial charge is 0.126 e. The topological polar surface area (TPSA) is 17.1 Å². The zero-order valence-electron chi connectivity index (χ0n) is 5.73. The van der Waals surface area contributed by atoms with Crippen LogP contribution < -0.4 is 0 Å². The Morgan fingerprint density at radius 3 is 2.11 bits per heavy atom. The second-order valence-electron chi connectivity index (χ2n) is 3.04. The number of hydrogen-bond acceptors (Lipinski definition) is 1. The van der Waals surface area contributed by atoms with Crippen LogP contribution in [0.25, 0.3) is 0 Å². The molecule has 9 heavy (non-hydrogen) atoms. The molecule has 1 radical (unpaired) electrons. The number of hydrogen-bond donors (Lipinski definition) is 0. The average Bonchev–Trinajstić information content (AvgIpc) is 1.90. The highest BCUT2D eigenvalue weighted by Gasteiger charge is 2.25. The fraction of sp³-hybridized carbons (Fsp3) is 0.750. The number of carbonyl (C=O) groups is 1. The summed E-state index contributed by atoms with van der Waals surface area (Å²) >= 11 is 0. The molecule has 1 rings (SSSR count). The third-order valence-electron chi connectivity index (χ3n) is 2.10. The van der Waals surface area contributed by atoms with Crippen molar-refractivity contribution in [1.29, 1.82) is 0 Å². The van der Waals surface area contributed by atoms with Crippen molar-refractivity contribution in [3.63, 3.8) is 0 Å². The van der Waals surface area contributed by atoms with Crippen LogP contribution >= 0.6 is 0 Å². The highest BCUT2D eigenvalue weighted by atomic mass is 16.1. The molecule has 0 unspecified atom stereocenters. The van der Waals surface area contributed by atoms with Gasteiger partial charge in [-0.25, -0.2) is 0 Å². The Hall–Kier alpha value is -0.330. The second-order valence-corrected chi connectivity index (χ2v) is 3.04. The predicted molar refractivity (Wildman–Crippen MR) is 36.9 cm³/mol. The van der Waals surface area contributed by atoms with Crippen molar-refractivity contribution in [2.45, 2.75) is 32.1 Å². The molecule has 0 N–H and O–H groups in total. The van der Waals surface area contributed by atoms with Gasteiger partial charge in [-0.2, -0.15) is 0 Å². The van der Waals surface area contributed by atoms with Gasteiger partial charge in [0.25, 0.3) is 0 Å². The molecule has 0 aromatic rings. The van der Waals surface area contributed by atoms with E-state index in [4.69, 9.17) is 0 Å². The van der Waals surface area contributed by atoms with Crippen molar-refractivity contribution in [3.05, 3.63) is 6.92 Å². The Bertz CT molecular complexity index is 101. The number of carbonyl (C=O) groups excluding carboxylic acids is 1. The van der Waals surface area contributed by atoms with Crippen molar-refractivity contribution < 1.29 is 4.79 Å². The molecule has 0 spiro atoms. The molecule has 1 heteroatoms. The summed E-state index contributed by atoms with van der Waals surface area (Å²) in [6.07, 6.45) is 6.66. The normalized spacial score (nSPS) is 25.4. The first-order valence-corrected chi connectivity index (χ1v) is 3.59. The number of aldehydes is 1. The first-order chi connectivity index (χ1) is 4.27. The van der Waals surface area contributed by atoms with Gasteiger partial charge in [0.15, 0.2) is 0 Å². The van der Waals surface area contributed by atoms with E-state index in [-0.39, 0.29) is 5.41 Å². The van der Waals surface area contributed by atoms with Crippen LogP contribution in [-0.2, 0) is 4.79 Å². The van der Waals surface area contributed by atoms with Crippen molar-refractivity contribution >= 4 is 6.29 Å². The maximum Gasteiger partial charge on any atom is 0.126 e. The molecule has 1 aliphatic rings. The van der Waals surface area contributed by atoms with Gasteiger partial charge in [0.1, 0.15) is 6.29 Å². The molecule has 0 saturated heterocycles. The Morgan fingerprint density at radius 1 is 1.22 bits per heavy atom. The van der Waals surface area contributed by atoms with Gasteiger partial charge in [-0.3, -0.25) is 0 Å². The van der Waals surface area contributed by atoms with E-state index in [0.717, 1.165) is 19.1 Å². The molecule has 0 bridgehead atoms. The predicted octanol–water partition coefficient (Wildman–Crippen LogP) is 1.97. The molecule has 0 heterocycles. The summed E-state index contributed by atoms with van der Waals surface area (Å²) in [6.45, 7) is 3.88. The van der Waals surface area contributed by atoms with Gasteiger partial charge in [-0.1, -0.05) is 19.3 Å². The van der Waals surface area contributed by atoms with E-state index in [1.54, 1.807) is 0 Å². The van der Waals surface area contributed by atoms with Crippen LogP contribution in [0.4, 0.5) is 0 Å². The zero-order chi connectivity index (χ0) is 6.74. The third-order valence-corrected chi connectivity index (χ3v) is 2.10. The second kappa shape index (κ2) is 2.51. The Kier molecular flexibility index (Phi) is 1.89. The lowest BCUT2D eigenvalue weighted by Crippen LogP contribution is -2.21. The van der Waals surface area contributed by atoms with Crippen LogP contribution in [0, 0.1) is 12.3 Å². The molecule has 1 fully saturated rings. The summed E-state index contributed by atoms with van der Waals surface area (Å²) in [4.78, 5) is 10.4. The molecular formula is C8H13O. The minimum Gasteiger partial charge on any atom is -0.303 e. The summed E-state index contributed by atoms with van der Waals surface area (Å²) < 4.78 is 0. The minimum absolute atomic E-state index is 0.210. The van der Waals surface area contributed by atoms with Gasteiger partial charge >= 0.3 is 0 Å². The van der Waals surface area contributed by atoms with Gasteiger partial charge in [0.05, 0.1) is 0 Å². The lowest BCUT2D eigenvalue weighted by atomic mass is 9.77. The van der Waals surface area contributed by atoms with Gasteiger partial charge in [-0.05, 0) is 19.8 Å². The van der Waals surface area contributed by atoms with Crippen LogP contribution in [0.15, 0.2) is 0 Å². The molecule has 51 valence electrons. The lowest BCUT2D eigenvalue weighted by molar-refractivity contribution is -0.115. The summed E-state index contributed by atoms with van der Waals surface area (Å²) in [5.74, 6) is 0. The van der Waals surface area contributed by atoms with E-state index >= 15 is 0 Å². The average molecular weight is 125 g/mol. The van der Waals surface area contributed by atoms with E-state index in [0.29, 0.717) is 0 Å². The largest absolute Gasteiger partial charge is 0.303 e. The summed E-state index contributed by atoms with van der Waals surface area (Å²) in [5, 5.41) is 0. The Balaban J connectivity index is 2.46. The van der Waals surface area contributed by atoms with Gasteiger partial charge in [0, 0.05) is 5.41 Å². The first-order valence-electron chi connectivity index (χ1n) is 3.59. The molecule has 0 amide bonds. The minimum atomic E-state index is -0.210. The van der Waals surface area contributed by atoms with Crippen molar-refractivity contribution in [3.8, 4) is 0 Å². The molecule has 0 aromatic carbocycles. The van der Waals surface area contributed by atoms with Crippen LogP contribution in [0.1, 0.15) is 32.1 Å². The highest BCUT2D eigenvalue weighted by molar-refractivity contribution is 5.60. The monoisotopic (exact) mass is 125 g/mol. The van der Waals surface area contributed by atoms with Gasteiger partial charge in [-0.15, -0.1) is 0 Å². The van der Waals surface area contributed by atoms with Crippen molar-refractivity contribution in [1.82, 2.24) is 0 Å². The van der Waals surface area contributed by atoms with Gasteiger partial charge in [0.2, 0.25) is 0 Å². The van der Waals surface area contributed by atoms with Gasteiger partial charge < -0.3 is 4.79 Å². The molecule has 1 saturated carbocycles. The molecule has 0 atom stereocenters. The van der Waals surface area contributed by atoms with Crippen molar-refractivity contribution in [2.24, 2.45) is 5.41 Å². The van der Waals surface area contributed by atoms with Crippen LogP contribution in [0.2, 0.25) is 0 Å². The van der Waals surface area contributed by atoms with Crippen LogP contribution in [0.5, 0.6) is 0 Å². The van der Waals surface area contributed by atoms with E-state index in [2.05, 4.69) is 6.92 Å². The number of rotatable bonds is 1. The summed E-state index contributed by atoms with van der Waals surface area (Å²) in [5.41, 5.74) is -0.210. The molecule has 1 aliphatic carbocycles. The standard InChI is InChI=1S/C8H13O/c1-8(7-9)5-3-2-4-6-8/h7H,1-6H2. The SMILES string of the molecule is [CH2]C1(C=O)CCCCC1. The summed E-state index contributed by atoms with van der Waals surface area (Å²) in [7, 11) is 0. The van der Waals surface area contributed by atoms with E-state index < -0.39 is 0 Å². The lowest BCUT2D eigenvalue weighted by Gasteiger charge is -2.26. The Labute approximate surface area is 56.4 Å². The summed E-state index contributed by atoms with van der Waals surface area (Å²) in [6, 6.07) is 0. The quantitative estimate of drug-likeness (QED) is 0.490. The third kappa shape index (κ3) is 1.54. The zero-order valence-corrected chi connectivity index (χ0v) is 5.73. The Morgan fingerprint density at radius 2 is 1.78 bits per heavy atom.